The van der Waals surface area contributed by atoms with Crippen molar-refractivity contribution in [3.8, 4) is 0 Å². The third kappa shape index (κ3) is 5.13. The van der Waals surface area contributed by atoms with Crippen LogP contribution in [0, 0.1) is 0 Å². The Morgan fingerprint density at radius 3 is 2.44 bits per heavy atom. The van der Waals surface area contributed by atoms with Gasteiger partial charge in [-0.25, -0.2) is 4.68 Å². The molecule has 9 nitrogen and oxygen atoms in total. The van der Waals surface area contributed by atoms with E-state index in [1.54, 1.807) is 31.2 Å². The maximum Gasteiger partial charge on any atom is 0.306 e. The predicted molar refractivity (Wildman–Crippen MR) is 97.8 cm³/mol. The van der Waals surface area contributed by atoms with Crippen molar-refractivity contribution in [3.63, 3.8) is 0 Å². The normalized spacial score (nSPS) is 10.4. The number of nitrogens with one attached hydrogen (secondary N) is 2. The van der Waals surface area contributed by atoms with Gasteiger partial charge < -0.3 is 4.74 Å². The first-order chi connectivity index (χ1) is 13.0. The molecule has 2 rings (SSSR count). The van der Waals surface area contributed by atoms with Crippen LogP contribution in [0.5, 0.6) is 0 Å². The SMILES string of the molecule is CCCn1nc(C(=O)NNC(=O)CCC(=O)OCC)c2ccccc2c1=O. The Morgan fingerprint density at radius 1 is 1.07 bits per heavy atom. The van der Waals surface area contributed by atoms with Crippen LogP contribution in [0.1, 0.15) is 43.6 Å². The summed E-state index contributed by atoms with van der Waals surface area (Å²) >= 11 is 0. The number of benzene rings is 1. The smallest absolute Gasteiger partial charge is 0.306 e. The molecule has 0 radical (unpaired) electrons. The second-order valence-electron chi connectivity index (χ2n) is 5.73. The van der Waals surface area contributed by atoms with E-state index in [0.717, 1.165) is 0 Å². The van der Waals surface area contributed by atoms with Gasteiger partial charge in [-0.2, -0.15) is 5.10 Å². The molecule has 0 aliphatic carbocycles. The summed E-state index contributed by atoms with van der Waals surface area (Å²) in [6, 6.07) is 6.65. The van der Waals surface area contributed by atoms with Crippen molar-refractivity contribution in [1.29, 1.82) is 0 Å². The fourth-order valence-corrected chi connectivity index (χ4v) is 2.46. The Bertz CT molecular complexity index is 906. The van der Waals surface area contributed by atoms with Crippen molar-refractivity contribution in [1.82, 2.24) is 20.6 Å². The molecule has 1 heterocycles. The molecule has 144 valence electrons. The summed E-state index contributed by atoms with van der Waals surface area (Å²) in [6.45, 7) is 4.18. The van der Waals surface area contributed by atoms with Crippen LogP contribution >= 0.6 is 0 Å². The van der Waals surface area contributed by atoms with Gasteiger partial charge in [-0.05, 0) is 19.4 Å². The minimum absolute atomic E-state index is 0.0318. The molecular weight excluding hydrogens is 352 g/mol. The number of amides is 2. The van der Waals surface area contributed by atoms with Gasteiger partial charge in [-0.1, -0.05) is 25.1 Å². The molecule has 2 amide bonds. The molecule has 0 bridgehead atoms. The number of nitrogens with zero attached hydrogens (tertiary/aromatic N) is 2. The highest BCUT2D eigenvalue weighted by Crippen LogP contribution is 2.13. The summed E-state index contributed by atoms with van der Waals surface area (Å²) in [4.78, 5) is 47.9. The quantitative estimate of drug-likeness (QED) is 0.549. The number of hydrazine groups is 1. The highest BCUT2D eigenvalue weighted by Gasteiger charge is 2.17. The number of ether oxygens (including phenoxy) is 1. The molecule has 2 aromatic rings. The fraction of sp³-hybridized carbons (Fsp3) is 0.389. The second-order valence-corrected chi connectivity index (χ2v) is 5.73. The average Bonchev–Trinajstić information content (AvgIpc) is 2.67. The van der Waals surface area contributed by atoms with Crippen LogP contribution in [0.3, 0.4) is 0 Å². The molecular formula is C18H22N4O5. The molecule has 1 aromatic carbocycles. The van der Waals surface area contributed by atoms with Crippen molar-refractivity contribution in [2.75, 3.05) is 6.61 Å². The van der Waals surface area contributed by atoms with E-state index in [2.05, 4.69) is 16.0 Å². The molecule has 0 aliphatic heterocycles. The first-order valence-electron chi connectivity index (χ1n) is 8.72. The number of rotatable bonds is 7. The Morgan fingerprint density at radius 2 is 1.78 bits per heavy atom. The lowest BCUT2D eigenvalue weighted by Gasteiger charge is -2.11. The Balaban J connectivity index is 2.13. The Hall–Kier alpha value is -3.23. The van der Waals surface area contributed by atoms with Gasteiger partial charge in [0.1, 0.15) is 0 Å². The molecule has 0 spiro atoms. The minimum Gasteiger partial charge on any atom is -0.466 e. The van der Waals surface area contributed by atoms with Crippen LogP contribution < -0.4 is 16.4 Å². The van der Waals surface area contributed by atoms with E-state index < -0.39 is 17.8 Å². The zero-order valence-corrected chi connectivity index (χ0v) is 15.3. The molecule has 0 aliphatic rings. The minimum atomic E-state index is -0.652. The largest absolute Gasteiger partial charge is 0.466 e. The lowest BCUT2D eigenvalue weighted by molar-refractivity contribution is -0.144. The average molecular weight is 374 g/mol. The third-order valence-electron chi connectivity index (χ3n) is 3.70. The van der Waals surface area contributed by atoms with Crippen molar-refractivity contribution in [2.45, 2.75) is 39.7 Å². The van der Waals surface area contributed by atoms with Crippen LogP contribution in [0.4, 0.5) is 0 Å². The van der Waals surface area contributed by atoms with Crippen molar-refractivity contribution < 1.29 is 19.1 Å². The van der Waals surface area contributed by atoms with E-state index in [1.807, 2.05) is 6.92 Å². The summed E-state index contributed by atoms with van der Waals surface area (Å²) in [5, 5.41) is 4.90. The van der Waals surface area contributed by atoms with Crippen molar-refractivity contribution in [3.05, 3.63) is 40.3 Å². The van der Waals surface area contributed by atoms with E-state index in [0.29, 0.717) is 23.7 Å². The first-order valence-corrected chi connectivity index (χ1v) is 8.72. The molecule has 1 aromatic heterocycles. The lowest BCUT2D eigenvalue weighted by atomic mass is 10.1. The number of hydrogen-bond acceptors (Lipinski definition) is 6. The number of esters is 1. The Kier molecular flexibility index (Phi) is 7.04. The predicted octanol–water partition coefficient (Wildman–Crippen LogP) is 0.911. The molecule has 27 heavy (non-hydrogen) atoms. The van der Waals surface area contributed by atoms with Crippen LogP contribution in [-0.2, 0) is 20.9 Å². The number of aryl methyl sites for hydroxylation is 1. The van der Waals surface area contributed by atoms with E-state index in [1.165, 1.54) is 4.68 Å². The maximum absolute atomic E-state index is 12.5. The number of fused-ring (bicyclic) bond motifs is 1. The molecule has 9 heteroatoms. The van der Waals surface area contributed by atoms with Gasteiger partial charge in [0.15, 0.2) is 5.69 Å². The van der Waals surface area contributed by atoms with Crippen molar-refractivity contribution in [2.24, 2.45) is 0 Å². The van der Waals surface area contributed by atoms with Gasteiger partial charge in [0.25, 0.3) is 11.5 Å². The lowest BCUT2D eigenvalue weighted by Crippen LogP contribution is -2.43. The second kappa shape index (κ2) is 9.46. The van der Waals surface area contributed by atoms with Gasteiger partial charge in [-0.3, -0.25) is 30.0 Å². The first kappa shape index (κ1) is 20.1. The third-order valence-corrected chi connectivity index (χ3v) is 3.70. The van der Waals surface area contributed by atoms with Crippen LogP contribution in [0.15, 0.2) is 29.1 Å². The van der Waals surface area contributed by atoms with E-state index in [-0.39, 0.29) is 30.7 Å². The molecule has 0 saturated heterocycles. The van der Waals surface area contributed by atoms with E-state index in [9.17, 15) is 19.2 Å². The van der Waals surface area contributed by atoms with Gasteiger partial charge in [0.05, 0.1) is 18.4 Å². The molecule has 0 fully saturated rings. The highest BCUT2D eigenvalue weighted by atomic mass is 16.5. The van der Waals surface area contributed by atoms with Crippen LogP contribution in [0.2, 0.25) is 0 Å². The monoisotopic (exact) mass is 374 g/mol. The van der Waals surface area contributed by atoms with Crippen LogP contribution in [0.25, 0.3) is 10.8 Å². The molecule has 0 atom stereocenters. The van der Waals surface area contributed by atoms with E-state index >= 15 is 0 Å². The molecule has 0 unspecified atom stereocenters. The summed E-state index contributed by atoms with van der Waals surface area (Å²) < 4.78 is 5.97. The number of carbonyl (C=O) groups is 3. The van der Waals surface area contributed by atoms with Gasteiger partial charge in [0.2, 0.25) is 5.91 Å². The summed E-state index contributed by atoms with van der Waals surface area (Å²) in [5.74, 6) is -1.68. The Labute approximate surface area is 155 Å². The number of carbonyl (C=O) groups excluding carboxylic acids is 3. The number of aromatic nitrogens is 2. The summed E-state index contributed by atoms with van der Waals surface area (Å²) in [5.41, 5.74) is 4.26. The topological polar surface area (TPSA) is 119 Å². The van der Waals surface area contributed by atoms with Gasteiger partial charge in [0, 0.05) is 18.4 Å². The summed E-state index contributed by atoms with van der Waals surface area (Å²) in [6.07, 6.45) is 0.470. The van der Waals surface area contributed by atoms with Gasteiger partial charge >= 0.3 is 5.97 Å². The van der Waals surface area contributed by atoms with Crippen molar-refractivity contribution >= 4 is 28.6 Å². The van der Waals surface area contributed by atoms with E-state index in [4.69, 9.17) is 4.74 Å². The zero-order valence-electron chi connectivity index (χ0n) is 15.3. The number of hydrogen-bond donors (Lipinski definition) is 2. The molecule has 2 N–H and O–H groups in total. The van der Waals surface area contributed by atoms with Crippen LogP contribution in [-0.4, -0.2) is 34.2 Å². The molecule has 0 saturated carbocycles. The zero-order chi connectivity index (χ0) is 19.8. The summed E-state index contributed by atoms with van der Waals surface area (Å²) in [7, 11) is 0. The fourth-order valence-electron chi connectivity index (χ4n) is 2.46. The standard InChI is InChI=1S/C18H22N4O5/c1-3-11-22-18(26)13-8-6-5-7-12(13)16(21-22)17(25)20-19-14(23)9-10-15(24)27-4-2/h5-8H,3-4,9-11H2,1-2H3,(H,19,23)(H,20,25). The van der Waals surface area contributed by atoms with Gasteiger partial charge in [-0.15, -0.1) is 0 Å². The highest BCUT2D eigenvalue weighted by molar-refractivity contribution is 6.05. The maximum atomic E-state index is 12.5.